The van der Waals surface area contributed by atoms with Crippen LogP contribution in [0.4, 0.5) is 0 Å². The highest BCUT2D eigenvalue weighted by Gasteiger charge is 2.21. The molecule has 1 atom stereocenters. The van der Waals surface area contributed by atoms with Crippen LogP contribution in [0.25, 0.3) is 22.6 Å². The van der Waals surface area contributed by atoms with Crippen LogP contribution in [0.3, 0.4) is 0 Å². The predicted octanol–water partition coefficient (Wildman–Crippen LogP) is 3.36. The molecule has 5 heteroatoms. The van der Waals surface area contributed by atoms with Gasteiger partial charge in [-0.2, -0.15) is 0 Å². The van der Waals surface area contributed by atoms with Gasteiger partial charge in [-0.15, -0.1) is 0 Å². The van der Waals surface area contributed by atoms with Crippen LogP contribution < -0.4 is 0 Å². The van der Waals surface area contributed by atoms with Crippen LogP contribution in [0.5, 0.6) is 0 Å². The van der Waals surface area contributed by atoms with Crippen molar-refractivity contribution in [1.29, 1.82) is 0 Å². The predicted molar refractivity (Wildman–Crippen MR) is 81.2 cm³/mol. The molecule has 1 heterocycles. The summed E-state index contributed by atoms with van der Waals surface area (Å²) in [7, 11) is 2.79. The molecule has 0 saturated carbocycles. The van der Waals surface area contributed by atoms with Gasteiger partial charge in [0.1, 0.15) is 5.52 Å². The SMILES string of the molecule is COC(=O)C(OC)c1ccc2oc(-c3ccccc3)nc2c1. The van der Waals surface area contributed by atoms with Crippen molar-refractivity contribution in [3.63, 3.8) is 0 Å². The molecule has 0 fully saturated rings. The Morgan fingerprint density at radius 2 is 1.91 bits per heavy atom. The summed E-state index contributed by atoms with van der Waals surface area (Å²) in [6.07, 6.45) is -0.772. The van der Waals surface area contributed by atoms with Gasteiger partial charge in [-0.25, -0.2) is 9.78 Å². The van der Waals surface area contributed by atoms with Gasteiger partial charge in [0, 0.05) is 12.7 Å². The average molecular weight is 297 g/mol. The van der Waals surface area contributed by atoms with E-state index >= 15 is 0 Å². The highest BCUT2D eigenvalue weighted by Crippen LogP contribution is 2.27. The van der Waals surface area contributed by atoms with E-state index in [4.69, 9.17) is 13.9 Å². The highest BCUT2D eigenvalue weighted by atomic mass is 16.6. The lowest BCUT2D eigenvalue weighted by Crippen LogP contribution is -2.15. The summed E-state index contributed by atoms with van der Waals surface area (Å²) in [6.45, 7) is 0. The smallest absolute Gasteiger partial charge is 0.339 e. The minimum Gasteiger partial charge on any atom is -0.467 e. The second kappa shape index (κ2) is 5.99. The van der Waals surface area contributed by atoms with Crippen LogP contribution in [-0.4, -0.2) is 25.2 Å². The molecule has 2 aromatic carbocycles. The van der Waals surface area contributed by atoms with Crippen molar-refractivity contribution >= 4 is 17.1 Å². The first-order valence-electron chi connectivity index (χ1n) is 6.79. The highest BCUT2D eigenvalue weighted by molar-refractivity contribution is 5.81. The van der Waals surface area contributed by atoms with E-state index in [0.29, 0.717) is 22.6 Å². The van der Waals surface area contributed by atoms with Gasteiger partial charge in [0.25, 0.3) is 0 Å². The van der Waals surface area contributed by atoms with Gasteiger partial charge in [0.2, 0.25) is 5.89 Å². The van der Waals surface area contributed by atoms with Crippen LogP contribution in [0, 0.1) is 0 Å². The zero-order valence-corrected chi connectivity index (χ0v) is 12.3. The van der Waals surface area contributed by atoms with Crippen molar-refractivity contribution < 1.29 is 18.7 Å². The fourth-order valence-electron chi connectivity index (χ4n) is 2.29. The second-order valence-electron chi connectivity index (χ2n) is 4.75. The molecule has 3 rings (SSSR count). The van der Waals surface area contributed by atoms with Gasteiger partial charge < -0.3 is 13.9 Å². The van der Waals surface area contributed by atoms with Gasteiger partial charge in [-0.05, 0) is 29.8 Å². The van der Waals surface area contributed by atoms with Crippen molar-refractivity contribution in [2.45, 2.75) is 6.10 Å². The Hall–Kier alpha value is -2.66. The summed E-state index contributed by atoms with van der Waals surface area (Å²) >= 11 is 0. The van der Waals surface area contributed by atoms with E-state index in [1.165, 1.54) is 14.2 Å². The quantitative estimate of drug-likeness (QED) is 0.691. The number of ether oxygens (including phenoxy) is 2. The molecule has 0 radical (unpaired) electrons. The van der Waals surface area contributed by atoms with Crippen molar-refractivity contribution in [2.24, 2.45) is 0 Å². The van der Waals surface area contributed by atoms with Gasteiger partial charge in [-0.1, -0.05) is 24.3 Å². The van der Waals surface area contributed by atoms with Crippen LogP contribution in [0.1, 0.15) is 11.7 Å². The Morgan fingerprint density at radius 3 is 2.59 bits per heavy atom. The zero-order chi connectivity index (χ0) is 15.5. The number of hydrogen-bond acceptors (Lipinski definition) is 5. The average Bonchev–Trinajstić information content (AvgIpc) is 2.99. The van der Waals surface area contributed by atoms with E-state index in [0.717, 1.165) is 5.56 Å². The van der Waals surface area contributed by atoms with Gasteiger partial charge in [-0.3, -0.25) is 0 Å². The van der Waals surface area contributed by atoms with E-state index in [-0.39, 0.29) is 0 Å². The van der Waals surface area contributed by atoms with Crippen LogP contribution in [0.2, 0.25) is 0 Å². The Bertz CT molecular complexity index is 795. The number of nitrogens with zero attached hydrogens (tertiary/aromatic N) is 1. The zero-order valence-electron chi connectivity index (χ0n) is 12.3. The first-order chi connectivity index (χ1) is 10.7. The Morgan fingerprint density at radius 1 is 1.14 bits per heavy atom. The maximum absolute atomic E-state index is 11.7. The lowest BCUT2D eigenvalue weighted by Gasteiger charge is -2.12. The lowest BCUT2D eigenvalue weighted by atomic mass is 10.1. The summed E-state index contributed by atoms with van der Waals surface area (Å²) in [5.74, 6) is 0.0911. The molecule has 1 aromatic heterocycles. The molecule has 0 spiro atoms. The molecule has 0 aliphatic rings. The molecule has 0 aliphatic heterocycles. The molecule has 3 aromatic rings. The number of aromatic nitrogens is 1. The maximum atomic E-state index is 11.7. The molecule has 22 heavy (non-hydrogen) atoms. The topological polar surface area (TPSA) is 61.6 Å². The molecule has 0 saturated heterocycles. The van der Waals surface area contributed by atoms with Crippen molar-refractivity contribution in [3.8, 4) is 11.5 Å². The van der Waals surface area contributed by atoms with Gasteiger partial charge in [0.15, 0.2) is 11.7 Å². The Labute approximate surface area is 127 Å². The molecule has 112 valence electrons. The van der Waals surface area contributed by atoms with Gasteiger partial charge >= 0.3 is 5.97 Å². The maximum Gasteiger partial charge on any atom is 0.339 e. The number of fused-ring (bicyclic) bond motifs is 1. The minimum absolute atomic E-state index is 0.450. The molecule has 5 nitrogen and oxygen atoms in total. The molecule has 1 unspecified atom stereocenters. The lowest BCUT2D eigenvalue weighted by molar-refractivity contribution is -0.152. The molecule has 0 bridgehead atoms. The number of carbonyl (C=O) groups excluding carboxylic acids is 1. The summed E-state index contributed by atoms with van der Waals surface area (Å²) in [5, 5.41) is 0. The van der Waals surface area contributed by atoms with Crippen molar-refractivity contribution in [1.82, 2.24) is 4.98 Å². The summed E-state index contributed by atoms with van der Waals surface area (Å²) in [5.41, 5.74) is 2.90. The number of carbonyl (C=O) groups is 1. The third-order valence-corrected chi connectivity index (χ3v) is 3.39. The molecule has 0 amide bonds. The molecule has 0 aliphatic carbocycles. The van der Waals surface area contributed by atoms with E-state index in [1.807, 2.05) is 30.3 Å². The van der Waals surface area contributed by atoms with E-state index in [9.17, 15) is 4.79 Å². The van der Waals surface area contributed by atoms with E-state index < -0.39 is 12.1 Å². The Kier molecular flexibility index (Phi) is 3.89. The van der Waals surface area contributed by atoms with Crippen molar-refractivity contribution in [3.05, 3.63) is 54.1 Å². The molecular formula is C17H15NO4. The van der Waals surface area contributed by atoms with E-state index in [2.05, 4.69) is 4.98 Å². The largest absolute Gasteiger partial charge is 0.467 e. The monoisotopic (exact) mass is 297 g/mol. The number of esters is 1. The number of methoxy groups -OCH3 is 2. The molecular weight excluding hydrogens is 282 g/mol. The van der Waals surface area contributed by atoms with Crippen LogP contribution in [-0.2, 0) is 14.3 Å². The van der Waals surface area contributed by atoms with Gasteiger partial charge in [0.05, 0.1) is 7.11 Å². The normalized spacial score (nSPS) is 12.3. The first kappa shape index (κ1) is 14.3. The number of benzene rings is 2. The Balaban J connectivity index is 2.02. The van der Waals surface area contributed by atoms with E-state index in [1.54, 1.807) is 18.2 Å². The van der Waals surface area contributed by atoms with Crippen LogP contribution in [0.15, 0.2) is 52.9 Å². The summed E-state index contributed by atoms with van der Waals surface area (Å²) in [4.78, 5) is 16.2. The third-order valence-electron chi connectivity index (χ3n) is 3.39. The summed E-state index contributed by atoms with van der Waals surface area (Å²) < 4.78 is 15.7. The van der Waals surface area contributed by atoms with Crippen LogP contribution >= 0.6 is 0 Å². The number of hydrogen-bond donors (Lipinski definition) is 0. The second-order valence-corrected chi connectivity index (χ2v) is 4.75. The standard InChI is InChI=1S/C17H15NO4/c1-20-15(17(19)21-2)12-8-9-14-13(10-12)18-16(22-14)11-6-4-3-5-7-11/h3-10,15H,1-2H3. The fourth-order valence-corrected chi connectivity index (χ4v) is 2.29. The summed E-state index contributed by atoms with van der Waals surface area (Å²) in [6, 6.07) is 15.0. The number of oxazole rings is 1. The first-order valence-corrected chi connectivity index (χ1v) is 6.79. The van der Waals surface area contributed by atoms with Crippen molar-refractivity contribution in [2.75, 3.05) is 14.2 Å². The number of rotatable bonds is 4. The molecule has 0 N–H and O–H groups in total. The fraction of sp³-hybridized carbons (Fsp3) is 0.176. The minimum atomic E-state index is -0.772. The third kappa shape index (κ3) is 2.58.